The lowest BCUT2D eigenvalue weighted by molar-refractivity contribution is -0.0872. The Kier molecular flexibility index (Phi) is 6.71. The average molecular weight is 396 g/mol. The lowest BCUT2D eigenvalue weighted by Crippen LogP contribution is -2.46. The zero-order valence-electron chi connectivity index (χ0n) is 16.5. The second kappa shape index (κ2) is 9.82. The number of aromatic nitrogens is 1. The maximum atomic E-state index is 12.4. The normalized spacial score (nSPS) is 20.4. The summed E-state index contributed by atoms with van der Waals surface area (Å²) < 4.78 is 11.2. The summed E-state index contributed by atoms with van der Waals surface area (Å²) in [5.41, 5.74) is 2.55. The van der Waals surface area contributed by atoms with E-state index in [0.29, 0.717) is 31.4 Å². The van der Waals surface area contributed by atoms with Gasteiger partial charge in [0.1, 0.15) is 0 Å². The van der Waals surface area contributed by atoms with Crippen LogP contribution in [0.3, 0.4) is 0 Å². The number of amides is 1. The highest BCUT2D eigenvalue weighted by atomic mass is 16.6. The molecule has 154 valence electrons. The van der Waals surface area contributed by atoms with E-state index in [9.17, 15) is 4.79 Å². The van der Waals surface area contributed by atoms with Gasteiger partial charge in [-0.25, -0.2) is 0 Å². The molecular formula is C22H28N4O3. The van der Waals surface area contributed by atoms with E-state index in [4.69, 9.17) is 9.47 Å². The molecule has 2 aromatic rings. The van der Waals surface area contributed by atoms with Crippen LogP contribution < -0.4 is 15.5 Å². The van der Waals surface area contributed by atoms with Crippen LogP contribution >= 0.6 is 0 Å². The quantitative estimate of drug-likeness (QED) is 0.781. The molecule has 2 aliphatic heterocycles. The summed E-state index contributed by atoms with van der Waals surface area (Å²) in [5.74, 6) is -0.124. The number of ether oxygens (including phenoxy) is 2. The van der Waals surface area contributed by atoms with Gasteiger partial charge >= 0.3 is 0 Å². The zero-order chi connectivity index (χ0) is 19.9. The maximum absolute atomic E-state index is 12.4. The van der Waals surface area contributed by atoms with Gasteiger partial charge < -0.3 is 25.0 Å². The number of piperidine rings is 1. The molecule has 2 N–H and O–H groups in total. The Morgan fingerprint density at radius 1 is 1.14 bits per heavy atom. The lowest BCUT2D eigenvalue weighted by Gasteiger charge is -2.35. The van der Waals surface area contributed by atoms with Gasteiger partial charge in [0.05, 0.1) is 25.9 Å². The van der Waals surface area contributed by atoms with Crippen LogP contribution in [-0.2, 0) is 9.47 Å². The molecule has 0 radical (unpaired) electrons. The van der Waals surface area contributed by atoms with E-state index >= 15 is 0 Å². The van der Waals surface area contributed by atoms with Crippen LogP contribution in [0.2, 0.25) is 0 Å². The summed E-state index contributed by atoms with van der Waals surface area (Å²) in [4.78, 5) is 18.7. The molecular weight excluding hydrogens is 368 g/mol. The summed E-state index contributed by atoms with van der Waals surface area (Å²) >= 11 is 0. The largest absolute Gasteiger partial charge is 0.376 e. The van der Waals surface area contributed by atoms with Gasteiger partial charge in [-0.1, -0.05) is 6.07 Å². The molecule has 4 rings (SSSR count). The summed E-state index contributed by atoms with van der Waals surface area (Å²) in [7, 11) is 0. The number of rotatable bonds is 6. The molecule has 3 heterocycles. The summed E-state index contributed by atoms with van der Waals surface area (Å²) in [6, 6.07) is 12.0. The van der Waals surface area contributed by atoms with Crippen LogP contribution in [0.1, 0.15) is 23.2 Å². The van der Waals surface area contributed by atoms with Crippen LogP contribution in [0.15, 0.2) is 48.8 Å². The number of nitrogens with zero attached hydrogens (tertiary/aromatic N) is 2. The first kappa shape index (κ1) is 19.8. The van der Waals surface area contributed by atoms with Gasteiger partial charge in [-0.05, 0) is 43.2 Å². The van der Waals surface area contributed by atoms with Crippen molar-refractivity contribution in [2.75, 3.05) is 49.7 Å². The second-order valence-electron chi connectivity index (χ2n) is 7.48. The van der Waals surface area contributed by atoms with E-state index in [0.717, 1.165) is 43.9 Å². The van der Waals surface area contributed by atoms with Gasteiger partial charge in [0.25, 0.3) is 5.91 Å². The van der Waals surface area contributed by atoms with Crippen molar-refractivity contribution in [2.24, 2.45) is 0 Å². The number of anilines is 2. The van der Waals surface area contributed by atoms with Crippen molar-refractivity contribution < 1.29 is 14.3 Å². The molecule has 0 bridgehead atoms. The molecule has 2 aliphatic rings. The van der Waals surface area contributed by atoms with Gasteiger partial charge in [-0.2, -0.15) is 0 Å². The van der Waals surface area contributed by atoms with E-state index in [1.807, 2.05) is 18.2 Å². The van der Waals surface area contributed by atoms with Crippen molar-refractivity contribution in [3.63, 3.8) is 0 Å². The number of pyridine rings is 1. The third kappa shape index (κ3) is 5.53. The fourth-order valence-corrected chi connectivity index (χ4v) is 3.78. The molecule has 29 heavy (non-hydrogen) atoms. The Morgan fingerprint density at radius 3 is 2.72 bits per heavy atom. The third-order valence-corrected chi connectivity index (χ3v) is 5.43. The number of carbonyl (C=O) groups excluding carboxylic acids is 1. The van der Waals surface area contributed by atoms with E-state index in [1.165, 1.54) is 0 Å². The lowest BCUT2D eigenvalue weighted by atomic mass is 10.0. The van der Waals surface area contributed by atoms with Crippen molar-refractivity contribution in [2.45, 2.75) is 25.0 Å². The van der Waals surface area contributed by atoms with E-state index in [1.54, 1.807) is 24.5 Å². The van der Waals surface area contributed by atoms with E-state index in [-0.39, 0.29) is 12.0 Å². The minimum Gasteiger partial charge on any atom is -0.376 e. The van der Waals surface area contributed by atoms with Crippen LogP contribution in [0.25, 0.3) is 0 Å². The monoisotopic (exact) mass is 396 g/mol. The maximum Gasteiger partial charge on any atom is 0.255 e. The Hall–Kier alpha value is -2.48. The molecule has 0 spiro atoms. The summed E-state index contributed by atoms with van der Waals surface area (Å²) in [6.07, 6.45) is 5.58. The van der Waals surface area contributed by atoms with E-state index < -0.39 is 0 Å². The molecule has 7 heteroatoms. The summed E-state index contributed by atoms with van der Waals surface area (Å²) in [6.45, 7) is 4.91. The molecule has 1 aromatic carbocycles. The number of benzene rings is 1. The van der Waals surface area contributed by atoms with Crippen molar-refractivity contribution in [1.29, 1.82) is 0 Å². The Balaban J connectivity index is 1.27. The highest BCUT2D eigenvalue weighted by Crippen LogP contribution is 2.23. The molecule has 1 atom stereocenters. The number of carbonyl (C=O) groups is 1. The van der Waals surface area contributed by atoms with Crippen molar-refractivity contribution in [3.05, 3.63) is 54.4 Å². The smallest absolute Gasteiger partial charge is 0.255 e. The first-order valence-electron chi connectivity index (χ1n) is 10.3. The molecule has 7 nitrogen and oxygen atoms in total. The predicted molar refractivity (Wildman–Crippen MR) is 112 cm³/mol. The second-order valence-corrected chi connectivity index (χ2v) is 7.48. The van der Waals surface area contributed by atoms with Crippen LogP contribution in [0.5, 0.6) is 0 Å². The first-order chi connectivity index (χ1) is 14.3. The highest BCUT2D eigenvalue weighted by molar-refractivity contribution is 6.04. The average Bonchev–Trinajstić information content (AvgIpc) is 2.79. The minimum atomic E-state index is -0.124. The van der Waals surface area contributed by atoms with E-state index in [2.05, 4.69) is 26.6 Å². The first-order valence-corrected chi connectivity index (χ1v) is 10.3. The van der Waals surface area contributed by atoms with Crippen LogP contribution in [0.4, 0.5) is 11.4 Å². The number of hydrogen-bond acceptors (Lipinski definition) is 6. The van der Waals surface area contributed by atoms with Crippen molar-refractivity contribution >= 4 is 17.3 Å². The van der Waals surface area contributed by atoms with Gasteiger partial charge in [0.2, 0.25) is 0 Å². The van der Waals surface area contributed by atoms with Crippen LogP contribution in [0, 0.1) is 0 Å². The fraction of sp³-hybridized carbons (Fsp3) is 0.455. The predicted octanol–water partition coefficient (Wildman–Crippen LogP) is 2.31. The molecule has 0 saturated carbocycles. The highest BCUT2D eigenvalue weighted by Gasteiger charge is 2.21. The Labute approximate surface area is 171 Å². The molecule has 0 aliphatic carbocycles. The SMILES string of the molecule is O=C(Nc1cccc(N2CCC(NCC3COCCO3)CC2)c1)c1ccncc1. The molecule has 1 unspecified atom stereocenters. The summed E-state index contributed by atoms with van der Waals surface area (Å²) in [5, 5.41) is 6.60. The molecule has 2 saturated heterocycles. The molecule has 1 aromatic heterocycles. The fourth-order valence-electron chi connectivity index (χ4n) is 3.78. The standard InChI is InChI=1S/C22H28N4O3/c27-22(17-4-8-23-9-5-17)25-19-2-1-3-20(14-19)26-10-6-18(7-11-26)24-15-21-16-28-12-13-29-21/h1-5,8-9,14,18,21,24H,6-7,10-13,15-16H2,(H,25,27). The molecule has 1 amide bonds. The van der Waals surface area contributed by atoms with Gasteiger partial charge in [0, 0.05) is 55.0 Å². The van der Waals surface area contributed by atoms with Gasteiger partial charge in [-0.3, -0.25) is 9.78 Å². The zero-order valence-corrected chi connectivity index (χ0v) is 16.5. The Bertz CT molecular complexity index is 788. The van der Waals surface area contributed by atoms with Gasteiger partial charge in [0.15, 0.2) is 0 Å². The van der Waals surface area contributed by atoms with Crippen molar-refractivity contribution in [3.8, 4) is 0 Å². The molecule has 2 fully saturated rings. The van der Waals surface area contributed by atoms with Gasteiger partial charge in [-0.15, -0.1) is 0 Å². The minimum absolute atomic E-state index is 0.124. The Morgan fingerprint density at radius 2 is 1.97 bits per heavy atom. The third-order valence-electron chi connectivity index (χ3n) is 5.43. The van der Waals surface area contributed by atoms with Crippen LogP contribution in [-0.4, -0.2) is 62.5 Å². The van der Waals surface area contributed by atoms with Crippen molar-refractivity contribution in [1.82, 2.24) is 10.3 Å². The number of hydrogen-bond donors (Lipinski definition) is 2. The number of nitrogens with one attached hydrogen (secondary N) is 2. The topological polar surface area (TPSA) is 75.7 Å².